The number of hydrogen-bond donors (Lipinski definition) is 3. The second kappa shape index (κ2) is 10.7. The number of rotatable bonds is 8. The Morgan fingerprint density at radius 3 is 2.73 bits per heavy atom. The van der Waals surface area contributed by atoms with Gasteiger partial charge in [-0.1, -0.05) is 18.2 Å². The lowest BCUT2D eigenvalue weighted by molar-refractivity contribution is -0.116. The van der Waals surface area contributed by atoms with Crippen LogP contribution in [0.2, 0.25) is 0 Å². The fraction of sp³-hybridized carbons (Fsp3) is 0.241. The van der Waals surface area contributed by atoms with Gasteiger partial charge in [0.25, 0.3) is 0 Å². The van der Waals surface area contributed by atoms with Crippen LogP contribution in [0.4, 0.5) is 11.4 Å². The first-order valence-corrected chi connectivity index (χ1v) is 13.2. The number of aromatic nitrogens is 6. The van der Waals surface area contributed by atoms with Crippen molar-refractivity contribution in [2.75, 3.05) is 17.2 Å². The standard InChI is InChI=1S/C29H28N8O4/c1-17-11-25(38)34-23-6-3-5-21(27(23)33-17)18-7-8-24-22(12-18)26(20-15-32-36(2)16-20)35-37(24)9-4-10-41-29-30-13-19(14-31-29)28(39)40/h3,5-8,12-17,33H,4,9-11H2,1-2H3,(H,34,38)(H,39,40)/t17-/m1/s1. The van der Waals surface area contributed by atoms with Crippen molar-refractivity contribution in [3.63, 3.8) is 0 Å². The number of aromatic carboxylic acids is 1. The van der Waals surface area contributed by atoms with E-state index in [1.54, 1.807) is 10.9 Å². The van der Waals surface area contributed by atoms with Crippen molar-refractivity contribution >= 4 is 34.2 Å². The largest absolute Gasteiger partial charge is 0.478 e. The highest BCUT2D eigenvalue weighted by molar-refractivity contribution is 6.02. The van der Waals surface area contributed by atoms with Crippen LogP contribution in [0.3, 0.4) is 0 Å². The molecule has 0 bridgehead atoms. The van der Waals surface area contributed by atoms with Gasteiger partial charge in [0, 0.05) is 67.6 Å². The van der Waals surface area contributed by atoms with Gasteiger partial charge >= 0.3 is 12.0 Å². The maximum Gasteiger partial charge on any atom is 0.338 e. The van der Waals surface area contributed by atoms with E-state index in [1.165, 1.54) is 12.4 Å². The Morgan fingerprint density at radius 1 is 1.15 bits per heavy atom. The van der Waals surface area contributed by atoms with Crippen molar-refractivity contribution in [1.29, 1.82) is 0 Å². The highest BCUT2D eigenvalue weighted by Crippen LogP contribution is 2.39. The molecule has 4 heterocycles. The zero-order valence-corrected chi connectivity index (χ0v) is 22.5. The summed E-state index contributed by atoms with van der Waals surface area (Å²) in [4.78, 5) is 31.2. The highest BCUT2D eigenvalue weighted by atomic mass is 16.5. The number of amides is 1. The first-order chi connectivity index (χ1) is 19.9. The third kappa shape index (κ3) is 5.31. The Kier molecular flexibility index (Phi) is 6.79. The summed E-state index contributed by atoms with van der Waals surface area (Å²) in [6.45, 7) is 2.91. The first kappa shape index (κ1) is 26.0. The van der Waals surface area contributed by atoms with Gasteiger partial charge in [0.15, 0.2) is 0 Å². The number of nitrogens with zero attached hydrogens (tertiary/aromatic N) is 6. The minimum Gasteiger partial charge on any atom is -0.478 e. The quantitative estimate of drug-likeness (QED) is 0.241. The van der Waals surface area contributed by atoms with Crippen LogP contribution in [0, 0.1) is 0 Å². The molecule has 41 heavy (non-hydrogen) atoms. The maximum absolute atomic E-state index is 12.3. The van der Waals surface area contributed by atoms with Crippen LogP contribution >= 0.6 is 0 Å². The topological polar surface area (TPSA) is 149 Å². The van der Waals surface area contributed by atoms with Crippen molar-refractivity contribution in [3.8, 4) is 28.4 Å². The van der Waals surface area contributed by atoms with Gasteiger partial charge in [-0.25, -0.2) is 14.8 Å². The second-order valence-electron chi connectivity index (χ2n) is 9.99. The Bertz CT molecular complexity index is 1760. The molecule has 1 atom stereocenters. The number of benzene rings is 2. The number of carboxylic acid groups (broad SMARTS) is 1. The molecule has 0 spiro atoms. The molecular formula is C29H28N8O4. The van der Waals surface area contributed by atoms with Gasteiger partial charge in [-0.3, -0.25) is 14.2 Å². The zero-order chi connectivity index (χ0) is 28.5. The molecule has 0 radical (unpaired) electrons. The second-order valence-corrected chi connectivity index (χ2v) is 9.99. The van der Waals surface area contributed by atoms with E-state index in [0.717, 1.165) is 44.7 Å². The van der Waals surface area contributed by atoms with E-state index in [4.69, 9.17) is 14.9 Å². The molecule has 6 rings (SSSR count). The summed E-state index contributed by atoms with van der Waals surface area (Å²) in [5, 5.41) is 25.8. The van der Waals surface area contributed by atoms with Gasteiger partial charge in [0.2, 0.25) is 5.91 Å². The van der Waals surface area contributed by atoms with Crippen molar-refractivity contribution < 1.29 is 19.4 Å². The number of anilines is 2. The predicted octanol–water partition coefficient (Wildman–Crippen LogP) is 4.20. The molecule has 12 nitrogen and oxygen atoms in total. The van der Waals surface area contributed by atoms with Gasteiger partial charge in [0.05, 0.1) is 35.3 Å². The van der Waals surface area contributed by atoms with Gasteiger partial charge < -0.3 is 20.5 Å². The molecule has 208 valence electrons. The maximum atomic E-state index is 12.3. The highest BCUT2D eigenvalue weighted by Gasteiger charge is 2.21. The molecule has 3 N–H and O–H groups in total. The number of carbonyl (C=O) groups excluding carboxylic acids is 1. The van der Waals surface area contributed by atoms with Gasteiger partial charge in [0.1, 0.15) is 5.69 Å². The number of carbonyl (C=O) groups is 2. The number of nitrogens with one attached hydrogen (secondary N) is 2. The third-order valence-electron chi connectivity index (χ3n) is 6.88. The molecular weight excluding hydrogens is 524 g/mol. The Balaban J connectivity index is 1.30. The molecule has 0 aliphatic carbocycles. The van der Waals surface area contributed by atoms with Crippen LogP contribution in [0.25, 0.3) is 33.3 Å². The molecule has 0 fully saturated rings. The summed E-state index contributed by atoms with van der Waals surface area (Å²) in [5.74, 6) is -1.10. The van der Waals surface area contributed by atoms with Crippen LogP contribution in [0.1, 0.15) is 30.1 Å². The zero-order valence-electron chi connectivity index (χ0n) is 22.5. The monoisotopic (exact) mass is 552 g/mol. The smallest absolute Gasteiger partial charge is 0.338 e. The number of ether oxygens (including phenoxy) is 1. The molecule has 0 saturated heterocycles. The molecule has 0 unspecified atom stereocenters. The van der Waals surface area contributed by atoms with E-state index < -0.39 is 5.97 Å². The minimum absolute atomic E-state index is 0.00226. The normalized spacial score (nSPS) is 14.7. The summed E-state index contributed by atoms with van der Waals surface area (Å²) in [6.07, 6.45) is 7.20. The van der Waals surface area contributed by atoms with Gasteiger partial charge in [-0.2, -0.15) is 10.2 Å². The Morgan fingerprint density at radius 2 is 1.98 bits per heavy atom. The molecule has 1 aliphatic heterocycles. The predicted molar refractivity (Wildman–Crippen MR) is 153 cm³/mol. The van der Waals surface area contributed by atoms with E-state index in [9.17, 15) is 9.59 Å². The van der Waals surface area contributed by atoms with Crippen LogP contribution in [0.5, 0.6) is 6.01 Å². The van der Waals surface area contributed by atoms with E-state index in [2.05, 4.69) is 43.9 Å². The minimum atomic E-state index is -1.09. The average Bonchev–Trinajstić information content (AvgIpc) is 3.50. The summed E-state index contributed by atoms with van der Waals surface area (Å²) >= 11 is 0. The van der Waals surface area contributed by atoms with E-state index in [-0.39, 0.29) is 23.5 Å². The number of hydrogen-bond acceptors (Lipinski definition) is 8. The van der Waals surface area contributed by atoms with Crippen molar-refractivity contribution in [1.82, 2.24) is 29.5 Å². The lowest BCUT2D eigenvalue weighted by atomic mass is 9.99. The van der Waals surface area contributed by atoms with Crippen molar-refractivity contribution in [2.24, 2.45) is 7.05 Å². The van der Waals surface area contributed by atoms with E-state index >= 15 is 0 Å². The molecule has 1 aliphatic rings. The van der Waals surface area contributed by atoms with E-state index in [0.29, 0.717) is 26.0 Å². The van der Waals surface area contributed by atoms with Crippen LogP contribution < -0.4 is 15.4 Å². The molecule has 12 heteroatoms. The fourth-order valence-corrected chi connectivity index (χ4v) is 4.98. The average molecular weight is 553 g/mol. The van der Waals surface area contributed by atoms with Gasteiger partial charge in [-0.15, -0.1) is 0 Å². The van der Waals surface area contributed by atoms with Crippen LogP contribution in [0.15, 0.2) is 61.2 Å². The summed E-state index contributed by atoms with van der Waals surface area (Å²) < 4.78 is 9.32. The summed E-state index contributed by atoms with van der Waals surface area (Å²) in [5.41, 5.74) is 6.35. The fourth-order valence-electron chi connectivity index (χ4n) is 4.98. The molecule has 2 aromatic carbocycles. The Hall–Kier alpha value is -5.26. The van der Waals surface area contributed by atoms with Crippen LogP contribution in [-0.2, 0) is 18.4 Å². The van der Waals surface area contributed by atoms with Crippen LogP contribution in [-0.4, -0.2) is 59.2 Å². The lowest BCUT2D eigenvalue weighted by Crippen LogP contribution is -2.19. The van der Waals surface area contributed by atoms with Crippen molar-refractivity contribution in [3.05, 3.63) is 66.7 Å². The number of carboxylic acids is 1. The lowest BCUT2D eigenvalue weighted by Gasteiger charge is -2.17. The van der Waals surface area contributed by atoms with E-state index in [1.807, 2.05) is 43.0 Å². The number of fused-ring (bicyclic) bond motifs is 2. The Labute approximate surface area is 235 Å². The third-order valence-corrected chi connectivity index (χ3v) is 6.88. The molecule has 5 aromatic rings. The summed E-state index contributed by atoms with van der Waals surface area (Å²) in [6, 6.07) is 12.3. The summed E-state index contributed by atoms with van der Waals surface area (Å²) in [7, 11) is 1.87. The molecule has 3 aromatic heterocycles. The first-order valence-electron chi connectivity index (χ1n) is 13.2. The molecule has 0 saturated carbocycles. The molecule has 1 amide bonds. The number of aryl methyl sites for hydroxylation is 2. The van der Waals surface area contributed by atoms with Crippen molar-refractivity contribution in [2.45, 2.75) is 32.4 Å². The number of para-hydroxylation sites is 1. The van der Waals surface area contributed by atoms with Gasteiger partial charge in [-0.05, 0) is 30.7 Å². The SMILES string of the molecule is C[C@@H]1CC(=O)Nc2cccc(-c3ccc4c(c3)c(-c3cnn(C)c3)nn4CCCOc3ncc(C(=O)O)cn3)c2N1.